The van der Waals surface area contributed by atoms with E-state index in [0.29, 0.717) is 0 Å². The molecule has 0 bridgehead atoms. The zero-order valence-electron chi connectivity index (χ0n) is 17.0. The van der Waals surface area contributed by atoms with Crippen molar-refractivity contribution in [2.45, 2.75) is 38.7 Å². The number of halogens is 6. The molecule has 0 heterocycles. The van der Waals surface area contributed by atoms with Gasteiger partial charge in [-0.05, 0) is 36.4 Å². The van der Waals surface area contributed by atoms with Crippen LogP contribution in [-0.4, -0.2) is 30.1 Å². The molecule has 0 saturated carbocycles. The third-order valence-corrected chi connectivity index (χ3v) is 7.28. The summed E-state index contributed by atoms with van der Waals surface area (Å²) in [6.45, 7) is -0.619. The molecule has 3 nitrogen and oxygen atoms in total. The zero-order chi connectivity index (χ0) is 24.9. The van der Waals surface area contributed by atoms with Crippen molar-refractivity contribution < 1.29 is 39.3 Å². The molecule has 0 spiro atoms. The molecule has 0 fully saturated rings. The highest BCUT2D eigenvalue weighted by molar-refractivity contribution is 7.97. The number of benzene rings is 3. The van der Waals surface area contributed by atoms with Crippen molar-refractivity contribution in [1.29, 1.82) is 0 Å². The summed E-state index contributed by atoms with van der Waals surface area (Å²) >= 11 is 0. The minimum atomic E-state index is -6.86. The number of hydrogen-bond acceptors (Lipinski definition) is 3. The maximum Gasteiger partial charge on any atom is 0.402 e. The summed E-state index contributed by atoms with van der Waals surface area (Å²) in [7, 11) is -6.87. The lowest BCUT2D eigenvalue weighted by Gasteiger charge is -2.31. The summed E-state index contributed by atoms with van der Waals surface area (Å²) in [5.74, 6) is -11.6. The summed E-state index contributed by atoms with van der Waals surface area (Å²) in [6, 6.07) is 32.2. The predicted octanol–water partition coefficient (Wildman–Crippen LogP) is 6.20. The van der Waals surface area contributed by atoms with Gasteiger partial charge in [-0.25, -0.2) is 8.42 Å². The minimum absolute atomic E-state index is 0.0146. The molecule has 0 amide bonds. The molecule has 11 heteroatoms. The van der Waals surface area contributed by atoms with Crippen molar-refractivity contribution in [3.05, 3.63) is 91.0 Å². The molecule has 3 aromatic rings. The topological polar surface area (TPSA) is 57.2 Å². The van der Waals surface area contributed by atoms with Crippen LogP contribution in [0.3, 0.4) is 0 Å². The average molecular weight is 509 g/mol. The molecule has 0 aliphatic heterocycles. The fraction of sp³-hybridized carbons (Fsp3) is 0.182. The van der Waals surface area contributed by atoms with E-state index in [1.807, 2.05) is 0 Å². The largest absolute Gasteiger partial charge is 0.743 e. The first-order valence-corrected chi connectivity index (χ1v) is 11.8. The normalized spacial score (nSPS) is 12.8. The Balaban J connectivity index is 0.000000248. The van der Waals surface area contributed by atoms with Crippen molar-refractivity contribution >= 4 is 21.0 Å². The highest BCUT2D eigenvalue weighted by Gasteiger charge is 2.72. The van der Waals surface area contributed by atoms with Gasteiger partial charge in [-0.2, -0.15) is 26.3 Å². The van der Waals surface area contributed by atoms with Gasteiger partial charge in [0.2, 0.25) is 0 Å². The first kappa shape index (κ1) is 26.7. The van der Waals surface area contributed by atoms with E-state index in [0.717, 1.165) is 0 Å². The average Bonchev–Trinajstić information content (AvgIpc) is 2.75. The van der Waals surface area contributed by atoms with Crippen LogP contribution >= 0.6 is 0 Å². The Labute approximate surface area is 190 Å². The van der Waals surface area contributed by atoms with Gasteiger partial charge >= 0.3 is 17.1 Å². The minimum Gasteiger partial charge on any atom is -0.743 e. The Kier molecular flexibility index (Phi) is 8.26. The fourth-order valence-electron chi connectivity index (χ4n) is 2.49. The molecule has 0 N–H and O–H groups in total. The highest BCUT2D eigenvalue weighted by atomic mass is 32.2. The van der Waals surface area contributed by atoms with Crippen LogP contribution in [0.1, 0.15) is 6.92 Å². The van der Waals surface area contributed by atoms with Crippen molar-refractivity contribution in [1.82, 2.24) is 0 Å². The summed E-state index contributed by atoms with van der Waals surface area (Å²) < 4.78 is 101. The molecule has 178 valence electrons. The van der Waals surface area contributed by atoms with Crippen LogP contribution in [0, 0.1) is 0 Å². The molecule has 0 aliphatic rings. The molecular weight excluding hydrogens is 490 g/mol. The monoisotopic (exact) mass is 508 g/mol. The second-order valence-electron chi connectivity index (χ2n) is 6.68. The Morgan fingerprint density at radius 1 is 0.636 bits per heavy atom. The van der Waals surface area contributed by atoms with E-state index in [-0.39, 0.29) is 10.9 Å². The maximum absolute atomic E-state index is 12.1. The van der Waals surface area contributed by atoms with E-state index in [9.17, 15) is 39.3 Å². The smallest absolute Gasteiger partial charge is 0.402 e. The van der Waals surface area contributed by atoms with E-state index in [4.69, 9.17) is 0 Å². The molecule has 3 rings (SSSR count). The van der Waals surface area contributed by atoms with Gasteiger partial charge in [0.05, 0.1) is 10.9 Å². The summed E-state index contributed by atoms with van der Waals surface area (Å²) in [5.41, 5.74) is 0. The quantitative estimate of drug-likeness (QED) is 0.226. The lowest BCUT2D eigenvalue weighted by atomic mass is 10.2. The van der Waals surface area contributed by atoms with E-state index in [1.54, 1.807) is 0 Å². The zero-order valence-corrected chi connectivity index (χ0v) is 18.6. The van der Waals surface area contributed by atoms with Gasteiger partial charge in [-0.1, -0.05) is 54.6 Å². The molecule has 3 aromatic carbocycles. The van der Waals surface area contributed by atoms with Crippen LogP contribution in [0.5, 0.6) is 0 Å². The summed E-state index contributed by atoms with van der Waals surface area (Å²) in [6.07, 6.45) is 0. The summed E-state index contributed by atoms with van der Waals surface area (Å²) in [4.78, 5) is 4.08. The highest BCUT2D eigenvalue weighted by Crippen LogP contribution is 2.47. The second kappa shape index (κ2) is 10.2. The van der Waals surface area contributed by atoms with Crippen molar-refractivity contribution in [2.75, 3.05) is 0 Å². The van der Waals surface area contributed by atoms with Gasteiger partial charge in [0.15, 0.2) is 24.8 Å². The van der Waals surface area contributed by atoms with E-state index < -0.39 is 34.1 Å². The molecule has 0 unspecified atom stereocenters. The van der Waals surface area contributed by atoms with Gasteiger partial charge in [0.25, 0.3) is 0 Å². The maximum atomic E-state index is 12.1. The third-order valence-electron chi connectivity index (χ3n) is 4.17. The number of hydrogen-bond donors (Lipinski definition) is 0. The predicted molar refractivity (Wildman–Crippen MR) is 112 cm³/mol. The van der Waals surface area contributed by atoms with Crippen LogP contribution in [-0.2, 0) is 21.0 Å². The molecular formula is C22H18F6O3S2. The van der Waals surface area contributed by atoms with Crippen LogP contribution in [0.15, 0.2) is 106 Å². The fourth-order valence-corrected chi connectivity index (χ4v) is 5.09. The van der Waals surface area contributed by atoms with Crippen LogP contribution in [0.25, 0.3) is 0 Å². The molecule has 0 saturated heterocycles. The SMILES string of the molecule is CC(F)(F)C(F)(F)C(F)(F)S(=O)(=O)[O-].c1ccc([S+](c2ccccc2)c2ccccc2)cc1. The molecule has 33 heavy (non-hydrogen) atoms. The van der Waals surface area contributed by atoms with Gasteiger partial charge in [0, 0.05) is 6.92 Å². The Morgan fingerprint density at radius 3 is 1.09 bits per heavy atom. The number of rotatable bonds is 6. The van der Waals surface area contributed by atoms with E-state index in [2.05, 4.69) is 91.0 Å². The first-order valence-electron chi connectivity index (χ1n) is 9.18. The van der Waals surface area contributed by atoms with Crippen molar-refractivity contribution in [3.8, 4) is 0 Å². The third kappa shape index (κ3) is 6.10. The lowest BCUT2D eigenvalue weighted by molar-refractivity contribution is -0.273. The second-order valence-corrected chi connectivity index (χ2v) is 10.1. The Bertz CT molecular complexity index is 1030. The molecule has 0 radical (unpaired) electrons. The van der Waals surface area contributed by atoms with E-state index in [1.165, 1.54) is 14.7 Å². The summed E-state index contributed by atoms with van der Waals surface area (Å²) in [5, 5.41) is -6.35. The van der Waals surface area contributed by atoms with Gasteiger partial charge in [0.1, 0.15) is 0 Å². The van der Waals surface area contributed by atoms with Crippen LogP contribution < -0.4 is 0 Å². The first-order chi connectivity index (χ1) is 15.2. The van der Waals surface area contributed by atoms with Crippen molar-refractivity contribution in [2.24, 2.45) is 0 Å². The molecule has 0 aliphatic carbocycles. The Morgan fingerprint density at radius 2 is 0.909 bits per heavy atom. The standard InChI is InChI=1S/C18H15S.C4H4F6O3S/c1-4-10-16(11-5-1)19(17-12-6-2-7-13-17)18-14-8-3-9-15-18;1-2(5,6)3(7,8)4(9,10)14(11,12)13/h1-15H;1H3,(H,11,12,13)/q+1;/p-1. The number of alkyl halides is 6. The van der Waals surface area contributed by atoms with Crippen LogP contribution in [0.4, 0.5) is 26.3 Å². The lowest BCUT2D eigenvalue weighted by Crippen LogP contribution is -2.56. The molecule has 0 atom stereocenters. The van der Waals surface area contributed by atoms with Crippen molar-refractivity contribution in [3.63, 3.8) is 0 Å². The van der Waals surface area contributed by atoms with Crippen LogP contribution in [0.2, 0.25) is 0 Å². The van der Waals surface area contributed by atoms with Gasteiger partial charge in [-0.15, -0.1) is 0 Å². The van der Waals surface area contributed by atoms with E-state index >= 15 is 0 Å². The molecule has 0 aromatic heterocycles. The van der Waals surface area contributed by atoms with Gasteiger partial charge < -0.3 is 4.55 Å². The Hall–Kier alpha value is -2.50. The van der Waals surface area contributed by atoms with Gasteiger partial charge in [-0.3, -0.25) is 0 Å².